The molecule has 0 saturated heterocycles. The van der Waals surface area contributed by atoms with E-state index in [-0.39, 0.29) is 5.78 Å². The van der Waals surface area contributed by atoms with Crippen molar-refractivity contribution in [3.63, 3.8) is 0 Å². The van der Waals surface area contributed by atoms with Crippen molar-refractivity contribution in [1.82, 2.24) is 0 Å². The van der Waals surface area contributed by atoms with Gasteiger partial charge in [-0.2, -0.15) is 0 Å². The van der Waals surface area contributed by atoms with Crippen molar-refractivity contribution in [2.75, 3.05) is 6.54 Å². The lowest BCUT2D eigenvalue weighted by Crippen LogP contribution is -2.04. The third kappa shape index (κ3) is 7.82. The number of rotatable bonds is 7. The van der Waals surface area contributed by atoms with Gasteiger partial charge in [0.15, 0.2) is 5.78 Å². The van der Waals surface area contributed by atoms with Gasteiger partial charge >= 0.3 is 0 Å². The molecule has 0 rings (SSSR count). The maximum atomic E-state index is 11.3. The quantitative estimate of drug-likeness (QED) is 0.396. The first-order valence-corrected chi connectivity index (χ1v) is 5.15. The lowest BCUT2D eigenvalue weighted by molar-refractivity contribution is -0.114. The van der Waals surface area contributed by atoms with Crippen LogP contribution in [0.2, 0.25) is 0 Å². The van der Waals surface area contributed by atoms with E-state index in [0.29, 0.717) is 18.5 Å². The average molecular weight is 208 g/mol. The monoisotopic (exact) mass is 208 g/mol. The summed E-state index contributed by atoms with van der Waals surface area (Å²) in [5, 5.41) is 0. The summed E-state index contributed by atoms with van der Waals surface area (Å²) in [6, 6.07) is 0. The Morgan fingerprint density at radius 2 is 2.13 bits per heavy atom. The molecule has 3 nitrogen and oxygen atoms in total. The molecule has 0 saturated carbocycles. The largest absolute Gasteiger partial charge is 0.330 e. The Labute approximate surface area is 91.8 Å². The summed E-state index contributed by atoms with van der Waals surface area (Å²) in [6.07, 6.45) is 5.95. The maximum absolute atomic E-state index is 11.3. The number of unbranched alkanes of at least 4 members (excludes halogenated alkanes) is 1. The third-order valence-corrected chi connectivity index (χ3v) is 1.87. The van der Waals surface area contributed by atoms with E-state index in [1.54, 1.807) is 13.1 Å². The molecule has 0 aliphatic heterocycles. The number of nitrogens with two attached hydrogens (primary N) is 1. The molecule has 0 aliphatic carbocycles. The summed E-state index contributed by atoms with van der Waals surface area (Å²) in [7, 11) is 0. The Bertz CT molecular complexity index is 277. The van der Waals surface area contributed by atoms with Crippen LogP contribution < -0.4 is 5.73 Å². The summed E-state index contributed by atoms with van der Waals surface area (Å²) < 4.78 is 0. The van der Waals surface area contributed by atoms with Crippen molar-refractivity contribution in [2.45, 2.75) is 33.1 Å². The summed E-state index contributed by atoms with van der Waals surface area (Å²) >= 11 is 0. The summed E-state index contributed by atoms with van der Waals surface area (Å²) in [4.78, 5) is 15.4. The first kappa shape index (κ1) is 13.8. The van der Waals surface area contributed by atoms with E-state index < -0.39 is 0 Å². The summed E-state index contributed by atoms with van der Waals surface area (Å²) in [5.41, 5.74) is 6.74. The molecule has 0 fully saturated rings. The van der Waals surface area contributed by atoms with Gasteiger partial charge < -0.3 is 5.73 Å². The predicted octanol–water partition coefficient (Wildman–Crippen LogP) is 2.24. The second-order valence-corrected chi connectivity index (χ2v) is 3.56. The van der Waals surface area contributed by atoms with E-state index >= 15 is 0 Å². The first-order chi connectivity index (χ1) is 7.07. The topological polar surface area (TPSA) is 55.5 Å². The molecule has 0 aromatic heterocycles. The highest BCUT2D eigenvalue weighted by Crippen LogP contribution is 1.98. The number of allylic oxidation sites excluding steroid dienone is 2. The number of carbonyl (C=O) groups excluding carboxylic acids is 1. The van der Waals surface area contributed by atoms with Crippen LogP contribution in [0.3, 0.4) is 0 Å². The normalized spacial score (nSPS) is 12.1. The molecule has 0 amide bonds. The van der Waals surface area contributed by atoms with Gasteiger partial charge in [0, 0.05) is 18.3 Å². The number of ketones is 1. The zero-order valence-corrected chi connectivity index (χ0v) is 9.62. The molecule has 0 spiro atoms. The van der Waals surface area contributed by atoms with Crippen LogP contribution in [0.25, 0.3) is 0 Å². The fourth-order valence-corrected chi connectivity index (χ4v) is 0.919. The van der Waals surface area contributed by atoms with Crippen LogP contribution in [0.4, 0.5) is 0 Å². The lowest BCUT2D eigenvalue weighted by atomic mass is 10.1. The van der Waals surface area contributed by atoms with Gasteiger partial charge in [0.05, 0.1) is 0 Å². The van der Waals surface area contributed by atoms with Crippen LogP contribution >= 0.6 is 0 Å². The highest BCUT2D eigenvalue weighted by atomic mass is 16.1. The molecule has 15 heavy (non-hydrogen) atoms. The molecular weight excluding hydrogens is 188 g/mol. The molecule has 0 unspecified atom stereocenters. The van der Waals surface area contributed by atoms with Gasteiger partial charge in [0.1, 0.15) is 0 Å². The SMILES string of the molecule is C=C(C)C(=O)CC(C)=N/C=C\CCCN. The number of hydrogen-bond acceptors (Lipinski definition) is 3. The molecular formula is C12H20N2O. The molecule has 0 aromatic carbocycles. The Morgan fingerprint density at radius 1 is 1.47 bits per heavy atom. The number of hydrogen-bond donors (Lipinski definition) is 1. The van der Waals surface area contributed by atoms with E-state index in [1.165, 1.54) is 0 Å². The minimum atomic E-state index is 0.0478. The highest BCUT2D eigenvalue weighted by Gasteiger charge is 2.02. The van der Waals surface area contributed by atoms with Crippen molar-refractivity contribution >= 4 is 11.5 Å². The van der Waals surface area contributed by atoms with Crippen molar-refractivity contribution in [2.24, 2.45) is 10.7 Å². The van der Waals surface area contributed by atoms with Crippen molar-refractivity contribution in [3.05, 3.63) is 24.4 Å². The fourth-order valence-electron chi connectivity index (χ4n) is 0.919. The van der Waals surface area contributed by atoms with E-state index in [0.717, 1.165) is 18.6 Å². The number of Topliss-reactive ketones (excluding diaryl/α,β-unsaturated/α-hetero) is 1. The van der Waals surface area contributed by atoms with Gasteiger partial charge in [-0.3, -0.25) is 9.79 Å². The van der Waals surface area contributed by atoms with Crippen LogP contribution in [0.1, 0.15) is 33.1 Å². The second kappa shape index (κ2) is 8.12. The molecule has 0 heterocycles. The standard InChI is InChI=1S/C12H20N2O/c1-10(2)12(15)9-11(3)14-8-6-4-5-7-13/h6,8H,1,4-5,7,9,13H2,2-3H3/b8-6-,14-11?. The molecule has 0 aliphatic rings. The van der Waals surface area contributed by atoms with Gasteiger partial charge in [-0.25, -0.2) is 0 Å². The van der Waals surface area contributed by atoms with Crippen LogP contribution in [0.5, 0.6) is 0 Å². The Kier molecular flexibility index (Phi) is 7.46. The van der Waals surface area contributed by atoms with Gasteiger partial charge in [0.25, 0.3) is 0 Å². The molecule has 0 aromatic rings. The van der Waals surface area contributed by atoms with Gasteiger partial charge in [0.2, 0.25) is 0 Å². The van der Waals surface area contributed by atoms with Crippen LogP contribution in [-0.2, 0) is 4.79 Å². The zero-order chi connectivity index (χ0) is 11.7. The number of aliphatic imine (C=N–C) groups is 1. The van der Waals surface area contributed by atoms with Crippen molar-refractivity contribution in [3.8, 4) is 0 Å². The van der Waals surface area contributed by atoms with E-state index in [9.17, 15) is 4.79 Å². The number of nitrogens with zero attached hydrogens (tertiary/aromatic N) is 1. The Morgan fingerprint density at radius 3 is 2.67 bits per heavy atom. The minimum absolute atomic E-state index is 0.0478. The van der Waals surface area contributed by atoms with Crippen LogP contribution in [0.15, 0.2) is 29.4 Å². The molecule has 3 heteroatoms. The van der Waals surface area contributed by atoms with Crippen molar-refractivity contribution in [1.29, 1.82) is 0 Å². The maximum Gasteiger partial charge on any atom is 0.163 e. The van der Waals surface area contributed by atoms with E-state index in [2.05, 4.69) is 11.6 Å². The summed E-state index contributed by atoms with van der Waals surface area (Å²) in [5.74, 6) is 0.0478. The first-order valence-electron chi connectivity index (χ1n) is 5.15. The Hall–Kier alpha value is -1.22. The van der Waals surface area contributed by atoms with Crippen LogP contribution in [-0.4, -0.2) is 18.0 Å². The van der Waals surface area contributed by atoms with Gasteiger partial charge in [-0.1, -0.05) is 12.7 Å². The third-order valence-electron chi connectivity index (χ3n) is 1.87. The number of carbonyl (C=O) groups is 1. The molecule has 84 valence electrons. The lowest BCUT2D eigenvalue weighted by Gasteiger charge is -1.97. The summed E-state index contributed by atoms with van der Waals surface area (Å²) in [6.45, 7) is 7.84. The fraction of sp³-hybridized carbons (Fsp3) is 0.500. The minimum Gasteiger partial charge on any atom is -0.330 e. The van der Waals surface area contributed by atoms with Gasteiger partial charge in [-0.15, -0.1) is 0 Å². The molecule has 0 bridgehead atoms. The van der Waals surface area contributed by atoms with Crippen molar-refractivity contribution < 1.29 is 4.79 Å². The zero-order valence-electron chi connectivity index (χ0n) is 9.62. The highest BCUT2D eigenvalue weighted by molar-refractivity contribution is 6.08. The van der Waals surface area contributed by atoms with E-state index in [4.69, 9.17) is 5.73 Å². The smallest absolute Gasteiger partial charge is 0.163 e. The van der Waals surface area contributed by atoms with Crippen LogP contribution in [0, 0.1) is 0 Å². The van der Waals surface area contributed by atoms with Gasteiger partial charge in [-0.05, 0) is 38.8 Å². The molecule has 0 atom stereocenters. The molecule has 0 radical (unpaired) electrons. The predicted molar refractivity (Wildman–Crippen MR) is 65.0 cm³/mol. The Balaban J connectivity index is 3.93. The molecule has 2 N–H and O–H groups in total. The second-order valence-electron chi connectivity index (χ2n) is 3.56. The van der Waals surface area contributed by atoms with E-state index in [1.807, 2.05) is 13.0 Å². The average Bonchev–Trinajstić information content (AvgIpc) is 2.17.